The number of anilines is 1. The van der Waals surface area contributed by atoms with Gasteiger partial charge in [0.25, 0.3) is 0 Å². The summed E-state index contributed by atoms with van der Waals surface area (Å²) in [6, 6.07) is 14.9. The molecule has 8 heteroatoms. The smallest absolute Gasteiger partial charge is 0.175 e. The fourth-order valence-corrected chi connectivity index (χ4v) is 3.99. The molecule has 142 valence electrons. The van der Waals surface area contributed by atoms with Crippen molar-refractivity contribution in [2.45, 2.75) is 11.4 Å². The van der Waals surface area contributed by atoms with E-state index in [9.17, 15) is 12.8 Å². The van der Waals surface area contributed by atoms with Crippen molar-refractivity contribution >= 4 is 26.4 Å². The normalized spacial score (nSPS) is 11.6. The first-order valence-electron chi connectivity index (χ1n) is 8.54. The number of aromatic amines is 1. The summed E-state index contributed by atoms with van der Waals surface area (Å²) >= 11 is 0. The minimum absolute atomic E-state index is 0.111. The van der Waals surface area contributed by atoms with Gasteiger partial charge in [-0.05, 0) is 54.1 Å². The van der Waals surface area contributed by atoms with E-state index in [2.05, 4.69) is 20.5 Å². The zero-order valence-electron chi connectivity index (χ0n) is 15.0. The maximum Gasteiger partial charge on any atom is 0.175 e. The van der Waals surface area contributed by atoms with Gasteiger partial charge in [-0.25, -0.2) is 12.8 Å². The first-order chi connectivity index (χ1) is 13.4. The quantitative estimate of drug-likeness (QED) is 0.501. The Morgan fingerprint density at radius 3 is 2.71 bits per heavy atom. The maximum absolute atomic E-state index is 13.6. The van der Waals surface area contributed by atoms with Gasteiger partial charge >= 0.3 is 0 Å². The lowest BCUT2D eigenvalue weighted by Crippen LogP contribution is -2.07. The number of hydrogen-bond acceptors (Lipinski definition) is 5. The molecule has 0 saturated carbocycles. The third-order valence-corrected chi connectivity index (χ3v) is 5.57. The van der Waals surface area contributed by atoms with Gasteiger partial charge in [-0.3, -0.25) is 10.1 Å². The van der Waals surface area contributed by atoms with E-state index in [-0.39, 0.29) is 11.4 Å². The van der Waals surface area contributed by atoms with Crippen LogP contribution < -0.4 is 5.32 Å². The van der Waals surface area contributed by atoms with E-state index in [1.165, 1.54) is 12.1 Å². The van der Waals surface area contributed by atoms with Crippen LogP contribution in [-0.2, 0) is 16.4 Å². The fourth-order valence-electron chi connectivity index (χ4n) is 3.07. The van der Waals surface area contributed by atoms with Crippen LogP contribution in [0.2, 0.25) is 0 Å². The lowest BCUT2D eigenvalue weighted by molar-refractivity contribution is 0.598. The van der Waals surface area contributed by atoms with Gasteiger partial charge in [0.05, 0.1) is 16.1 Å². The minimum Gasteiger partial charge on any atom is -0.381 e. The highest BCUT2D eigenvalue weighted by Gasteiger charge is 2.14. The largest absolute Gasteiger partial charge is 0.381 e. The second-order valence-corrected chi connectivity index (χ2v) is 8.41. The second kappa shape index (κ2) is 7.05. The molecule has 0 spiro atoms. The van der Waals surface area contributed by atoms with Crippen LogP contribution in [-0.4, -0.2) is 29.9 Å². The average Bonchev–Trinajstić information content (AvgIpc) is 3.09. The summed E-state index contributed by atoms with van der Waals surface area (Å²) in [5.41, 5.74) is 3.46. The van der Waals surface area contributed by atoms with Crippen molar-refractivity contribution in [1.29, 1.82) is 0 Å². The molecule has 2 aromatic heterocycles. The predicted molar refractivity (Wildman–Crippen MR) is 106 cm³/mol. The van der Waals surface area contributed by atoms with Crippen LogP contribution in [0.1, 0.15) is 5.56 Å². The van der Waals surface area contributed by atoms with Gasteiger partial charge in [0, 0.05) is 30.1 Å². The van der Waals surface area contributed by atoms with Crippen LogP contribution in [0.3, 0.4) is 0 Å². The highest BCUT2D eigenvalue weighted by Crippen LogP contribution is 2.27. The van der Waals surface area contributed by atoms with Gasteiger partial charge in [0.1, 0.15) is 11.5 Å². The van der Waals surface area contributed by atoms with Gasteiger partial charge in [-0.2, -0.15) is 5.10 Å². The summed E-state index contributed by atoms with van der Waals surface area (Å²) in [6.07, 6.45) is 2.81. The van der Waals surface area contributed by atoms with Crippen molar-refractivity contribution in [1.82, 2.24) is 15.2 Å². The molecular weight excluding hydrogens is 379 g/mol. The molecule has 0 unspecified atom stereocenters. The molecule has 6 nitrogen and oxygen atoms in total. The van der Waals surface area contributed by atoms with Crippen LogP contribution >= 0.6 is 0 Å². The molecular formula is C20H17FN4O2S. The van der Waals surface area contributed by atoms with Crippen LogP contribution in [0.5, 0.6) is 0 Å². The molecule has 2 heterocycles. The molecule has 2 aromatic carbocycles. The van der Waals surface area contributed by atoms with Crippen LogP contribution in [0, 0.1) is 5.82 Å². The third-order valence-electron chi connectivity index (χ3n) is 4.38. The Hall–Kier alpha value is -3.26. The number of hydrogen-bond donors (Lipinski definition) is 2. The van der Waals surface area contributed by atoms with Gasteiger partial charge in [0.15, 0.2) is 9.84 Å². The van der Waals surface area contributed by atoms with E-state index < -0.39 is 15.7 Å². The monoisotopic (exact) mass is 396 g/mol. The Bertz CT molecular complexity index is 1250. The molecule has 0 atom stereocenters. The number of nitrogens with zero attached hydrogens (tertiary/aromatic N) is 2. The molecule has 0 radical (unpaired) electrons. The number of benzene rings is 2. The van der Waals surface area contributed by atoms with Gasteiger partial charge in [-0.15, -0.1) is 0 Å². The number of rotatable bonds is 5. The average molecular weight is 396 g/mol. The van der Waals surface area contributed by atoms with E-state index in [4.69, 9.17) is 0 Å². The fraction of sp³-hybridized carbons (Fsp3) is 0.100. The summed E-state index contributed by atoms with van der Waals surface area (Å²) in [5, 5.41) is 11.4. The highest BCUT2D eigenvalue weighted by atomic mass is 32.2. The number of fused-ring (bicyclic) bond motifs is 1. The summed E-state index contributed by atoms with van der Waals surface area (Å²) < 4.78 is 37.5. The predicted octanol–water partition coefficient (Wildman–Crippen LogP) is 3.78. The molecule has 4 rings (SSSR count). The summed E-state index contributed by atoms with van der Waals surface area (Å²) in [7, 11) is -3.45. The van der Waals surface area contributed by atoms with Crippen LogP contribution in [0.4, 0.5) is 10.1 Å². The lowest BCUT2D eigenvalue weighted by atomic mass is 10.1. The Morgan fingerprint density at radius 2 is 1.96 bits per heavy atom. The number of sulfone groups is 1. The van der Waals surface area contributed by atoms with E-state index in [1.807, 2.05) is 36.4 Å². The molecule has 0 amide bonds. The number of aromatic nitrogens is 3. The highest BCUT2D eigenvalue weighted by molar-refractivity contribution is 7.90. The van der Waals surface area contributed by atoms with Crippen molar-refractivity contribution in [2.75, 3.05) is 11.6 Å². The molecule has 0 aliphatic rings. The zero-order valence-corrected chi connectivity index (χ0v) is 15.8. The maximum atomic E-state index is 13.6. The van der Waals surface area contributed by atoms with Crippen molar-refractivity contribution in [3.8, 4) is 11.4 Å². The van der Waals surface area contributed by atoms with E-state index in [0.29, 0.717) is 5.56 Å². The number of pyridine rings is 1. The van der Waals surface area contributed by atoms with Crippen molar-refractivity contribution < 1.29 is 12.8 Å². The molecule has 4 aromatic rings. The minimum atomic E-state index is -3.45. The number of nitrogens with one attached hydrogen (secondary N) is 2. The number of halogens is 1. The summed E-state index contributed by atoms with van der Waals surface area (Å²) in [6.45, 7) is 0.169. The van der Waals surface area contributed by atoms with E-state index in [1.54, 1.807) is 6.20 Å². The summed E-state index contributed by atoms with van der Waals surface area (Å²) in [5.74, 6) is -0.480. The second-order valence-electron chi connectivity index (χ2n) is 6.43. The van der Waals surface area contributed by atoms with Crippen molar-refractivity contribution in [3.63, 3.8) is 0 Å². The Labute approximate surface area is 161 Å². The van der Waals surface area contributed by atoms with Gasteiger partial charge in [0.2, 0.25) is 0 Å². The molecule has 0 fully saturated rings. The third kappa shape index (κ3) is 3.59. The number of H-pyrrole nitrogens is 1. The Kier molecular flexibility index (Phi) is 4.56. The van der Waals surface area contributed by atoms with E-state index in [0.717, 1.165) is 40.3 Å². The molecule has 28 heavy (non-hydrogen) atoms. The first-order valence-corrected chi connectivity index (χ1v) is 10.4. The molecule has 0 aliphatic carbocycles. The zero-order chi connectivity index (χ0) is 19.7. The molecule has 0 saturated heterocycles. The molecule has 2 N–H and O–H groups in total. The summed E-state index contributed by atoms with van der Waals surface area (Å²) in [4.78, 5) is 4.44. The van der Waals surface area contributed by atoms with Gasteiger partial charge < -0.3 is 5.32 Å². The van der Waals surface area contributed by atoms with Gasteiger partial charge in [-0.1, -0.05) is 6.07 Å². The van der Waals surface area contributed by atoms with Crippen LogP contribution in [0.15, 0.2) is 65.7 Å². The first kappa shape index (κ1) is 18.1. The molecule has 0 bridgehead atoms. The van der Waals surface area contributed by atoms with Crippen LogP contribution in [0.25, 0.3) is 22.3 Å². The standard InChI is InChI=1S/C20H17FN4O2S/c1-28(26,27)19-8-5-14(21)10-13(19)12-23-15-6-7-17-16(11-15)20(25-24-17)18-4-2-3-9-22-18/h2-11,23H,12H2,1H3,(H,24,25). The Balaban J connectivity index is 1.66. The molecule has 0 aliphatic heterocycles. The van der Waals surface area contributed by atoms with E-state index >= 15 is 0 Å². The Morgan fingerprint density at radius 1 is 1.11 bits per heavy atom. The topological polar surface area (TPSA) is 87.7 Å². The van der Waals surface area contributed by atoms with Crippen molar-refractivity contribution in [3.05, 3.63) is 72.2 Å². The van der Waals surface area contributed by atoms with Crippen molar-refractivity contribution in [2.24, 2.45) is 0 Å². The SMILES string of the molecule is CS(=O)(=O)c1ccc(F)cc1CNc1ccc2[nH]nc(-c3ccccn3)c2c1. The lowest BCUT2D eigenvalue weighted by Gasteiger charge is -2.11.